The molecule has 0 saturated heterocycles. The van der Waals surface area contributed by atoms with E-state index >= 15 is 0 Å². The van der Waals surface area contributed by atoms with Crippen LogP contribution in [0, 0.1) is 6.92 Å². The normalized spacial score (nSPS) is 10.8. The van der Waals surface area contributed by atoms with Gasteiger partial charge in [0.2, 0.25) is 5.13 Å². The van der Waals surface area contributed by atoms with Crippen molar-refractivity contribution in [1.82, 2.24) is 10.2 Å². The fraction of sp³-hybridized carbons (Fsp3) is 0.250. The molecule has 0 spiro atoms. The van der Waals surface area contributed by atoms with Gasteiger partial charge in [0.1, 0.15) is 0 Å². The van der Waals surface area contributed by atoms with E-state index in [-0.39, 0.29) is 5.91 Å². The van der Waals surface area contributed by atoms with Crippen molar-refractivity contribution in [3.63, 3.8) is 0 Å². The van der Waals surface area contributed by atoms with E-state index in [0.29, 0.717) is 33.1 Å². The van der Waals surface area contributed by atoms with Gasteiger partial charge in [0.05, 0.1) is 16.7 Å². The smallest absolute Gasteiger partial charge is 0.257 e. The molecule has 1 amide bonds. The lowest BCUT2D eigenvalue weighted by atomic mass is 10.2. The molecule has 0 aliphatic carbocycles. The van der Waals surface area contributed by atoms with Gasteiger partial charge in [0.15, 0.2) is 10.1 Å². The Kier molecular flexibility index (Phi) is 7.77. The number of hydrogen-bond acceptors (Lipinski definition) is 6. The molecule has 2 aromatic carbocycles. The molecule has 0 unspecified atom stereocenters. The topological polar surface area (TPSA) is 64.1 Å². The van der Waals surface area contributed by atoms with Crippen LogP contribution in [0.15, 0.2) is 40.7 Å². The maximum Gasteiger partial charge on any atom is 0.257 e. The first-order valence-electron chi connectivity index (χ1n) is 8.91. The molecule has 1 heterocycles. The van der Waals surface area contributed by atoms with Gasteiger partial charge in [-0.25, -0.2) is 0 Å². The zero-order valence-electron chi connectivity index (χ0n) is 15.9. The van der Waals surface area contributed by atoms with Crippen molar-refractivity contribution in [3.8, 4) is 5.75 Å². The van der Waals surface area contributed by atoms with Crippen LogP contribution >= 0.6 is 46.3 Å². The molecule has 9 heteroatoms. The van der Waals surface area contributed by atoms with Crippen molar-refractivity contribution in [1.29, 1.82) is 0 Å². The number of aryl methyl sites for hydroxylation is 1. The average molecular weight is 468 g/mol. The Labute approximate surface area is 187 Å². The fourth-order valence-electron chi connectivity index (χ4n) is 2.35. The predicted molar refractivity (Wildman–Crippen MR) is 121 cm³/mol. The lowest BCUT2D eigenvalue weighted by Crippen LogP contribution is -2.12. The molecule has 5 nitrogen and oxygen atoms in total. The summed E-state index contributed by atoms with van der Waals surface area (Å²) in [4.78, 5) is 12.5. The first-order chi connectivity index (χ1) is 14.0. The lowest BCUT2D eigenvalue weighted by molar-refractivity contribution is 0.102. The van der Waals surface area contributed by atoms with Gasteiger partial charge >= 0.3 is 0 Å². The van der Waals surface area contributed by atoms with E-state index < -0.39 is 0 Å². The predicted octanol–water partition coefficient (Wildman–Crippen LogP) is 6.49. The summed E-state index contributed by atoms with van der Waals surface area (Å²) in [5.41, 5.74) is 2.76. The van der Waals surface area contributed by atoms with E-state index in [1.165, 1.54) is 34.6 Å². The number of ether oxygens (including phenoxy) is 1. The van der Waals surface area contributed by atoms with Gasteiger partial charge in [-0.3, -0.25) is 10.1 Å². The van der Waals surface area contributed by atoms with Crippen LogP contribution in [0.1, 0.15) is 34.8 Å². The molecule has 0 aliphatic heterocycles. The third-order valence-corrected chi connectivity index (χ3v) is 6.43. The summed E-state index contributed by atoms with van der Waals surface area (Å²) in [6.45, 7) is 4.54. The van der Waals surface area contributed by atoms with Gasteiger partial charge in [-0.2, -0.15) is 0 Å². The number of aromatic nitrogens is 2. The minimum atomic E-state index is -0.359. The fourth-order valence-corrected chi connectivity index (χ4v) is 4.65. The van der Waals surface area contributed by atoms with Crippen LogP contribution < -0.4 is 10.1 Å². The summed E-state index contributed by atoms with van der Waals surface area (Å²) in [5, 5.41) is 11.9. The molecule has 29 heavy (non-hydrogen) atoms. The van der Waals surface area contributed by atoms with Crippen LogP contribution in [-0.4, -0.2) is 22.7 Å². The maximum atomic E-state index is 12.5. The largest absolute Gasteiger partial charge is 0.490 e. The third kappa shape index (κ3) is 6.09. The van der Waals surface area contributed by atoms with Crippen molar-refractivity contribution < 1.29 is 9.53 Å². The van der Waals surface area contributed by atoms with E-state index in [0.717, 1.165) is 16.5 Å². The number of halogens is 2. The highest BCUT2D eigenvalue weighted by Crippen LogP contribution is 2.35. The Hall–Kier alpha value is -1.80. The summed E-state index contributed by atoms with van der Waals surface area (Å²) in [7, 11) is 0. The Morgan fingerprint density at radius 2 is 1.86 bits per heavy atom. The number of carbonyl (C=O) groups excluding carboxylic acids is 1. The Bertz CT molecular complexity index is 971. The molecule has 0 aliphatic rings. The summed E-state index contributed by atoms with van der Waals surface area (Å²) in [6.07, 6.45) is 0.830. The number of anilines is 1. The van der Waals surface area contributed by atoms with E-state index in [2.05, 4.69) is 46.7 Å². The van der Waals surface area contributed by atoms with E-state index in [1.54, 1.807) is 11.8 Å². The molecule has 1 aromatic heterocycles. The molecule has 1 N–H and O–H groups in total. The monoisotopic (exact) mass is 467 g/mol. The number of carbonyl (C=O) groups is 1. The van der Waals surface area contributed by atoms with Crippen molar-refractivity contribution in [2.45, 2.75) is 30.4 Å². The molecule has 0 bridgehead atoms. The lowest BCUT2D eigenvalue weighted by Gasteiger charge is -2.10. The van der Waals surface area contributed by atoms with Gasteiger partial charge < -0.3 is 4.74 Å². The third-order valence-electron chi connectivity index (χ3n) is 3.82. The van der Waals surface area contributed by atoms with Crippen LogP contribution in [-0.2, 0) is 5.75 Å². The van der Waals surface area contributed by atoms with Gasteiger partial charge in [-0.15, -0.1) is 10.2 Å². The summed E-state index contributed by atoms with van der Waals surface area (Å²) < 4.78 is 6.30. The minimum Gasteiger partial charge on any atom is -0.490 e. The maximum absolute atomic E-state index is 12.5. The van der Waals surface area contributed by atoms with E-state index in [9.17, 15) is 4.79 Å². The second kappa shape index (κ2) is 10.3. The highest BCUT2D eigenvalue weighted by atomic mass is 35.5. The summed E-state index contributed by atoms with van der Waals surface area (Å²) in [6, 6.07) is 11.4. The second-order valence-electron chi connectivity index (χ2n) is 6.22. The molecule has 0 saturated carbocycles. The summed E-state index contributed by atoms with van der Waals surface area (Å²) in [5.74, 6) is 0.812. The first kappa shape index (κ1) is 21.9. The zero-order chi connectivity index (χ0) is 20.8. The molecule has 0 radical (unpaired) electrons. The number of thioether (sulfide) groups is 1. The number of nitrogens with one attached hydrogen (secondary N) is 1. The van der Waals surface area contributed by atoms with Crippen LogP contribution in [0.2, 0.25) is 10.0 Å². The van der Waals surface area contributed by atoms with Crippen LogP contribution in [0.4, 0.5) is 5.13 Å². The van der Waals surface area contributed by atoms with E-state index in [1.807, 2.05) is 6.92 Å². The van der Waals surface area contributed by atoms with Gasteiger partial charge in [-0.1, -0.05) is 83.1 Å². The number of rotatable bonds is 8. The highest BCUT2D eigenvalue weighted by Gasteiger charge is 2.16. The number of benzene rings is 2. The van der Waals surface area contributed by atoms with Crippen LogP contribution in [0.3, 0.4) is 0 Å². The van der Waals surface area contributed by atoms with E-state index in [4.69, 9.17) is 27.9 Å². The van der Waals surface area contributed by atoms with Gasteiger partial charge in [-0.05, 0) is 31.0 Å². The first-order valence-corrected chi connectivity index (χ1v) is 11.5. The molecule has 0 fully saturated rings. The SMILES string of the molecule is CCCOc1c(Cl)cc(C(=O)Nc2nnc(SCc3ccc(C)cc3)s2)cc1Cl. The molecular weight excluding hydrogens is 449 g/mol. The molecule has 0 atom stereocenters. The molecule has 3 rings (SSSR count). The number of nitrogens with zero attached hydrogens (tertiary/aromatic N) is 2. The number of amides is 1. The zero-order valence-corrected chi connectivity index (χ0v) is 19.0. The highest BCUT2D eigenvalue weighted by molar-refractivity contribution is 8.00. The average Bonchev–Trinajstić information content (AvgIpc) is 3.14. The van der Waals surface area contributed by atoms with Gasteiger partial charge in [0.25, 0.3) is 5.91 Å². The Balaban J connectivity index is 1.61. The second-order valence-corrected chi connectivity index (χ2v) is 9.23. The van der Waals surface area contributed by atoms with Gasteiger partial charge in [0, 0.05) is 11.3 Å². The van der Waals surface area contributed by atoms with Crippen LogP contribution in [0.5, 0.6) is 5.75 Å². The molecule has 3 aromatic rings. The minimum absolute atomic E-state index is 0.294. The summed E-state index contributed by atoms with van der Waals surface area (Å²) >= 11 is 15.3. The van der Waals surface area contributed by atoms with Crippen molar-refractivity contribution in [2.24, 2.45) is 0 Å². The Morgan fingerprint density at radius 1 is 1.17 bits per heavy atom. The van der Waals surface area contributed by atoms with Crippen molar-refractivity contribution >= 4 is 57.3 Å². The molecule has 152 valence electrons. The van der Waals surface area contributed by atoms with Crippen LogP contribution in [0.25, 0.3) is 0 Å². The molecular formula is C20H19Cl2N3O2S2. The number of hydrogen-bond donors (Lipinski definition) is 1. The standard InChI is InChI=1S/C20H19Cl2N3O2S2/c1-3-8-27-17-15(21)9-14(10-16(17)22)18(26)23-19-24-25-20(29-19)28-11-13-6-4-12(2)5-7-13/h4-7,9-10H,3,8,11H2,1-2H3,(H,23,24,26). The quantitative estimate of drug-likeness (QED) is 0.303. The van der Waals surface area contributed by atoms with Crippen molar-refractivity contribution in [3.05, 3.63) is 63.1 Å². The Morgan fingerprint density at radius 3 is 2.52 bits per heavy atom. The van der Waals surface area contributed by atoms with Crippen molar-refractivity contribution in [2.75, 3.05) is 11.9 Å².